The van der Waals surface area contributed by atoms with E-state index in [-0.39, 0.29) is 120 Å². The van der Waals surface area contributed by atoms with Crippen molar-refractivity contribution in [2.75, 3.05) is 72.6 Å². The number of rotatable bonds is 48. The summed E-state index contributed by atoms with van der Waals surface area (Å²) in [4.78, 5) is 82.6. The van der Waals surface area contributed by atoms with Crippen molar-refractivity contribution in [2.24, 2.45) is 11.8 Å². The van der Waals surface area contributed by atoms with Gasteiger partial charge in [0.25, 0.3) is 0 Å². The lowest BCUT2D eigenvalue weighted by atomic mass is 9.93. The van der Waals surface area contributed by atoms with Gasteiger partial charge in [-0.25, -0.2) is 0 Å². The standard InChI is InChI=1S/C46H82N2O14/c1-2-19-38(42(52)35-49)20-17-26-47-43(53)36-62-33-31-60-29-27-48-44(54)37-61-32-30-59-28-18-22-40(50)25-24-39(46(57)58)34-41(51)21-15-13-11-9-7-5-3-4-6-8-10-12-14-16-23-45(55)56/h38-39,49H,2-37H2,1H3,(H,47,53)(H,48,54)(H,55,56)(H,57,58)/t38-,39+/m0/s1. The number of nitrogens with one attached hydrogen (secondary N) is 2. The van der Waals surface area contributed by atoms with Crippen LogP contribution in [0.3, 0.4) is 0 Å². The zero-order valence-electron chi connectivity index (χ0n) is 37.9. The number of ketones is 3. The van der Waals surface area contributed by atoms with Crippen LogP contribution in [-0.4, -0.2) is 129 Å². The van der Waals surface area contributed by atoms with E-state index in [0.717, 1.165) is 57.8 Å². The molecule has 0 heterocycles. The Kier molecular flexibility index (Phi) is 40.7. The summed E-state index contributed by atoms with van der Waals surface area (Å²) in [6.07, 6.45) is 19.8. The van der Waals surface area contributed by atoms with Crippen molar-refractivity contribution < 1.29 is 67.8 Å². The molecule has 0 aliphatic heterocycles. The van der Waals surface area contributed by atoms with Gasteiger partial charge in [-0.15, -0.1) is 0 Å². The molecule has 0 aliphatic rings. The van der Waals surface area contributed by atoms with E-state index in [1.54, 1.807) is 0 Å². The Morgan fingerprint density at radius 2 is 0.952 bits per heavy atom. The predicted octanol–water partition coefficient (Wildman–Crippen LogP) is 6.16. The number of Topliss-reactive ketones (excluding diaryl/α,β-unsaturated/α-hetero) is 3. The third-order valence-electron chi connectivity index (χ3n) is 10.5. The molecule has 0 radical (unpaired) electrons. The molecule has 0 rings (SSSR count). The van der Waals surface area contributed by atoms with Gasteiger partial charge >= 0.3 is 11.9 Å². The van der Waals surface area contributed by atoms with Crippen LogP contribution in [0.1, 0.15) is 167 Å². The van der Waals surface area contributed by atoms with E-state index >= 15 is 0 Å². The lowest BCUT2D eigenvalue weighted by molar-refractivity contribution is -0.144. The average Bonchev–Trinajstić information content (AvgIpc) is 3.24. The third kappa shape index (κ3) is 39.5. The molecule has 0 aromatic rings. The molecule has 2 atom stereocenters. The van der Waals surface area contributed by atoms with Crippen LogP contribution >= 0.6 is 0 Å². The molecule has 0 aromatic carbocycles. The van der Waals surface area contributed by atoms with E-state index < -0.39 is 24.5 Å². The number of ether oxygens (including phenoxy) is 4. The van der Waals surface area contributed by atoms with E-state index in [1.165, 1.54) is 44.9 Å². The molecule has 0 saturated carbocycles. The molecule has 0 unspecified atom stereocenters. The van der Waals surface area contributed by atoms with Crippen molar-refractivity contribution >= 4 is 41.1 Å². The normalized spacial score (nSPS) is 12.2. The molecule has 16 heteroatoms. The topological polar surface area (TPSA) is 241 Å². The number of amides is 2. The second-order valence-electron chi connectivity index (χ2n) is 16.1. The average molecular weight is 887 g/mol. The summed E-state index contributed by atoms with van der Waals surface area (Å²) in [5.74, 6) is -3.65. The molecule has 2 amide bonds. The number of aliphatic carboxylic acids is 2. The smallest absolute Gasteiger partial charge is 0.306 e. The number of aliphatic hydroxyl groups excluding tert-OH is 1. The minimum absolute atomic E-state index is 0.0415. The molecule has 0 fully saturated rings. The number of carboxylic acid groups (broad SMARTS) is 2. The fourth-order valence-corrected chi connectivity index (χ4v) is 6.90. The first-order valence-corrected chi connectivity index (χ1v) is 23.5. The van der Waals surface area contributed by atoms with Crippen molar-refractivity contribution in [2.45, 2.75) is 167 Å². The highest BCUT2D eigenvalue weighted by Crippen LogP contribution is 2.18. The van der Waals surface area contributed by atoms with Gasteiger partial charge in [-0.1, -0.05) is 90.4 Å². The highest BCUT2D eigenvalue weighted by atomic mass is 16.5. The van der Waals surface area contributed by atoms with Gasteiger partial charge in [0.05, 0.1) is 39.0 Å². The molecular formula is C46H82N2O14. The summed E-state index contributed by atoms with van der Waals surface area (Å²) in [6.45, 7) is 3.47. The predicted molar refractivity (Wildman–Crippen MR) is 235 cm³/mol. The molecule has 360 valence electrons. The van der Waals surface area contributed by atoms with Crippen LogP contribution in [-0.2, 0) is 52.5 Å². The second-order valence-corrected chi connectivity index (χ2v) is 16.1. The van der Waals surface area contributed by atoms with Gasteiger partial charge in [0.2, 0.25) is 11.8 Å². The number of unbranched alkanes of at least 4 members (excludes halogenated alkanes) is 13. The number of hydrogen-bond donors (Lipinski definition) is 5. The van der Waals surface area contributed by atoms with Crippen LogP contribution < -0.4 is 10.6 Å². The van der Waals surface area contributed by atoms with Crippen molar-refractivity contribution in [1.29, 1.82) is 0 Å². The molecule has 0 spiro atoms. The van der Waals surface area contributed by atoms with E-state index in [9.17, 15) is 38.7 Å². The summed E-state index contributed by atoms with van der Waals surface area (Å²) >= 11 is 0. The van der Waals surface area contributed by atoms with Gasteiger partial charge in [0.15, 0.2) is 5.78 Å². The van der Waals surface area contributed by atoms with E-state index in [2.05, 4.69) is 10.6 Å². The molecular weight excluding hydrogens is 805 g/mol. The summed E-state index contributed by atoms with van der Waals surface area (Å²) in [5.41, 5.74) is 0. The minimum Gasteiger partial charge on any atom is -0.481 e. The van der Waals surface area contributed by atoms with Crippen molar-refractivity contribution in [3.05, 3.63) is 0 Å². The Hall–Kier alpha value is -3.31. The summed E-state index contributed by atoms with van der Waals surface area (Å²) in [7, 11) is 0. The summed E-state index contributed by atoms with van der Waals surface area (Å²) in [6, 6.07) is 0. The molecule has 0 saturated heterocycles. The Morgan fingerprint density at radius 1 is 0.468 bits per heavy atom. The molecule has 5 N–H and O–H groups in total. The largest absolute Gasteiger partial charge is 0.481 e. The monoisotopic (exact) mass is 887 g/mol. The highest BCUT2D eigenvalue weighted by molar-refractivity contribution is 5.85. The van der Waals surface area contributed by atoms with E-state index in [4.69, 9.17) is 29.2 Å². The fraction of sp³-hybridized carbons (Fsp3) is 0.848. The minimum atomic E-state index is -1.05. The molecule has 0 bridgehead atoms. The first-order valence-electron chi connectivity index (χ1n) is 23.5. The number of carbonyl (C=O) groups excluding carboxylic acids is 5. The fourth-order valence-electron chi connectivity index (χ4n) is 6.90. The van der Waals surface area contributed by atoms with Crippen LogP contribution in [0.25, 0.3) is 0 Å². The maximum atomic E-state index is 12.5. The Balaban J connectivity index is 3.68. The van der Waals surface area contributed by atoms with E-state index in [1.807, 2.05) is 6.92 Å². The van der Waals surface area contributed by atoms with Crippen LogP contribution in [0.2, 0.25) is 0 Å². The Labute approximate surface area is 370 Å². The zero-order valence-corrected chi connectivity index (χ0v) is 37.9. The molecule has 0 aromatic heterocycles. The van der Waals surface area contributed by atoms with Crippen LogP contribution in [0.15, 0.2) is 0 Å². The second kappa shape index (κ2) is 43.0. The Bertz CT molecular complexity index is 1200. The van der Waals surface area contributed by atoms with Gasteiger partial charge in [0.1, 0.15) is 31.4 Å². The highest BCUT2D eigenvalue weighted by Gasteiger charge is 2.22. The molecule has 0 aliphatic carbocycles. The van der Waals surface area contributed by atoms with Gasteiger partial charge in [0, 0.05) is 57.7 Å². The van der Waals surface area contributed by atoms with Crippen molar-refractivity contribution in [1.82, 2.24) is 10.6 Å². The van der Waals surface area contributed by atoms with Crippen LogP contribution in [0, 0.1) is 11.8 Å². The van der Waals surface area contributed by atoms with Crippen molar-refractivity contribution in [3.63, 3.8) is 0 Å². The molecule has 16 nitrogen and oxygen atoms in total. The number of aliphatic hydroxyl groups is 1. The summed E-state index contributed by atoms with van der Waals surface area (Å²) in [5, 5.41) is 32.7. The van der Waals surface area contributed by atoms with Gasteiger partial charge in [-0.2, -0.15) is 0 Å². The van der Waals surface area contributed by atoms with E-state index in [0.29, 0.717) is 38.8 Å². The van der Waals surface area contributed by atoms with Crippen LogP contribution in [0.5, 0.6) is 0 Å². The third-order valence-corrected chi connectivity index (χ3v) is 10.5. The lowest BCUT2D eigenvalue weighted by Gasteiger charge is -2.13. The maximum Gasteiger partial charge on any atom is 0.306 e. The number of carbonyl (C=O) groups is 7. The van der Waals surface area contributed by atoms with Gasteiger partial charge in [-0.3, -0.25) is 33.6 Å². The van der Waals surface area contributed by atoms with Crippen molar-refractivity contribution in [3.8, 4) is 0 Å². The van der Waals surface area contributed by atoms with Gasteiger partial charge < -0.3 is 44.9 Å². The first kappa shape index (κ1) is 58.7. The Morgan fingerprint density at radius 3 is 1.47 bits per heavy atom. The maximum absolute atomic E-state index is 12.5. The zero-order chi connectivity index (χ0) is 45.9. The van der Waals surface area contributed by atoms with Gasteiger partial charge in [-0.05, 0) is 44.9 Å². The molecule has 62 heavy (non-hydrogen) atoms. The summed E-state index contributed by atoms with van der Waals surface area (Å²) < 4.78 is 21.5. The lowest BCUT2D eigenvalue weighted by Crippen LogP contribution is -2.31. The van der Waals surface area contributed by atoms with Crippen LogP contribution in [0.4, 0.5) is 0 Å². The first-order chi connectivity index (χ1) is 30.0. The number of hydrogen-bond acceptors (Lipinski definition) is 12. The SMILES string of the molecule is CCC[C@@H](CCCNC(=O)COCCOCCNC(=O)COCCOCCCC(=O)CC[C@H](CC(=O)CCCCCCCCCCCCCCCCC(=O)O)C(=O)O)C(=O)CO. The number of carboxylic acids is 2. The quantitative estimate of drug-likeness (QED) is 0.0430.